The molecule has 1 N–H and O–H groups in total. The molecular weight excluding hydrogens is 172 g/mol. The Hall–Kier alpha value is -0.810. The van der Waals surface area contributed by atoms with E-state index in [0.29, 0.717) is 13.2 Å². The minimum atomic E-state index is -0.390. The fraction of sp³-hybridized carbons (Fsp3) is 0.875. The second-order valence-electron chi connectivity index (χ2n) is 3.08. The lowest BCUT2D eigenvalue weighted by atomic mass is 10.2. The Morgan fingerprint density at radius 1 is 1.77 bits per heavy atom. The number of rotatable bonds is 2. The van der Waals surface area contributed by atoms with Crippen LogP contribution in [0.25, 0.3) is 0 Å². The Bertz CT molecular complexity index is 175. The molecule has 1 aliphatic rings. The lowest BCUT2D eigenvalue weighted by Gasteiger charge is -2.32. The fourth-order valence-corrected chi connectivity index (χ4v) is 1.23. The molecule has 1 unspecified atom stereocenters. The quantitative estimate of drug-likeness (QED) is 0.645. The van der Waals surface area contributed by atoms with Gasteiger partial charge in [-0.15, -0.1) is 0 Å². The molecule has 0 bridgehead atoms. The lowest BCUT2D eigenvalue weighted by molar-refractivity contribution is 0.00660. The van der Waals surface area contributed by atoms with Crippen LogP contribution in [0.3, 0.4) is 0 Å². The molecule has 1 fully saturated rings. The first kappa shape index (κ1) is 10.3. The number of likely N-dealkylation sites (N-methyl/N-ethyl adjacent to an activating group) is 1. The zero-order valence-corrected chi connectivity index (χ0v) is 8.08. The average molecular weight is 188 g/mol. The topological polar surface area (TPSA) is 50.8 Å². The normalized spacial score (nSPS) is 24.0. The number of alkyl carbamates (subject to hydrolysis) is 1. The molecule has 0 aromatic rings. The van der Waals surface area contributed by atoms with Gasteiger partial charge in [-0.1, -0.05) is 0 Å². The number of nitrogens with zero attached hydrogens (tertiary/aromatic N) is 1. The van der Waals surface area contributed by atoms with Crippen LogP contribution < -0.4 is 5.32 Å². The summed E-state index contributed by atoms with van der Waals surface area (Å²) in [7, 11) is 3.38. The van der Waals surface area contributed by atoms with Crippen molar-refractivity contribution in [2.24, 2.45) is 0 Å². The number of nitrogens with one attached hydrogen (secondary N) is 1. The predicted octanol–water partition coefficient (Wildman–Crippen LogP) is -0.327. The number of ether oxygens (including phenoxy) is 2. The monoisotopic (exact) mass is 188 g/mol. The highest BCUT2D eigenvalue weighted by molar-refractivity contribution is 5.66. The van der Waals surface area contributed by atoms with Gasteiger partial charge in [0.25, 0.3) is 0 Å². The van der Waals surface area contributed by atoms with Crippen LogP contribution in [0.2, 0.25) is 0 Å². The third-order valence-corrected chi connectivity index (χ3v) is 2.19. The van der Waals surface area contributed by atoms with Gasteiger partial charge in [0, 0.05) is 13.1 Å². The standard InChI is InChI=1S/C8H16N2O3/c1-10-3-4-13-6-7(10)5-9-8(11)12-2/h7H,3-6H2,1-2H3,(H,9,11). The van der Waals surface area contributed by atoms with Crippen molar-refractivity contribution in [3.63, 3.8) is 0 Å². The van der Waals surface area contributed by atoms with Gasteiger partial charge >= 0.3 is 6.09 Å². The Kier molecular flexibility index (Phi) is 3.98. The van der Waals surface area contributed by atoms with Gasteiger partial charge in [0.2, 0.25) is 0 Å². The number of hydrogen-bond donors (Lipinski definition) is 1. The van der Waals surface area contributed by atoms with Crippen molar-refractivity contribution < 1.29 is 14.3 Å². The Balaban J connectivity index is 2.22. The number of carbonyl (C=O) groups is 1. The van der Waals surface area contributed by atoms with Gasteiger partial charge in [-0.25, -0.2) is 4.79 Å². The molecule has 76 valence electrons. The Labute approximate surface area is 78.0 Å². The number of carbonyl (C=O) groups excluding carboxylic acids is 1. The number of amides is 1. The van der Waals surface area contributed by atoms with Crippen molar-refractivity contribution in [1.29, 1.82) is 0 Å². The van der Waals surface area contributed by atoms with E-state index in [1.54, 1.807) is 0 Å². The molecule has 1 aliphatic heterocycles. The maximum Gasteiger partial charge on any atom is 0.406 e. The first-order valence-electron chi connectivity index (χ1n) is 4.34. The molecule has 5 heteroatoms. The van der Waals surface area contributed by atoms with Crippen molar-refractivity contribution in [1.82, 2.24) is 10.2 Å². The van der Waals surface area contributed by atoms with E-state index in [4.69, 9.17) is 4.74 Å². The molecule has 1 atom stereocenters. The van der Waals surface area contributed by atoms with Gasteiger partial charge < -0.3 is 14.8 Å². The summed E-state index contributed by atoms with van der Waals surface area (Å²) in [5, 5.41) is 2.65. The SMILES string of the molecule is COC(=O)NCC1COCCN1C. The summed E-state index contributed by atoms with van der Waals surface area (Å²) < 4.78 is 9.75. The summed E-state index contributed by atoms with van der Waals surface area (Å²) in [6, 6.07) is 0.257. The zero-order chi connectivity index (χ0) is 9.68. The largest absolute Gasteiger partial charge is 0.453 e. The molecule has 0 aromatic carbocycles. The highest BCUT2D eigenvalue weighted by Gasteiger charge is 2.19. The van der Waals surface area contributed by atoms with Crippen LogP contribution in [-0.4, -0.2) is 57.5 Å². The Morgan fingerprint density at radius 3 is 3.15 bits per heavy atom. The number of methoxy groups -OCH3 is 1. The van der Waals surface area contributed by atoms with Crippen LogP contribution >= 0.6 is 0 Å². The van der Waals surface area contributed by atoms with Gasteiger partial charge in [0.05, 0.1) is 26.4 Å². The third-order valence-electron chi connectivity index (χ3n) is 2.19. The summed E-state index contributed by atoms with van der Waals surface area (Å²) in [6.45, 7) is 2.92. The van der Waals surface area contributed by atoms with Crippen LogP contribution in [0.5, 0.6) is 0 Å². The summed E-state index contributed by atoms with van der Waals surface area (Å²) in [6.07, 6.45) is -0.390. The van der Waals surface area contributed by atoms with Crippen LogP contribution in [-0.2, 0) is 9.47 Å². The Morgan fingerprint density at radius 2 is 2.54 bits per heavy atom. The van der Waals surface area contributed by atoms with Gasteiger partial charge in [-0.05, 0) is 7.05 Å². The van der Waals surface area contributed by atoms with Crippen LogP contribution in [0.4, 0.5) is 4.79 Å². The molecule has 0 aromatic heterocycles. The summed E-state index contributed by atoms with van der Waals surface area (Å²) in [4.78, 5) is 12.9. The maximum atomic E-state index is 10.8. The first-order valence-corrected chi connectivity index (χ1v) is 4.34. The molecule has 0 saturated carbocycles. The van der Waals surface area contributed by atoms with E-state index in [0.717, 1.165) is 13.2 Å². The van der Waals surface area contributed by atoms with Crippen LogP contribution in [0.1, 0.15) is 0 Å². The molecule has 5 nitrogen and oxygen atoms in total. The highest BCUT2D eigenvalue weighted by atomic mass is 16.5. The van der Waals surface area contributed by atoms with E-state index in [-0.39, 0.29) is 12.1 Å². The lowest BCUT2D eigenvalue weighted by Crippen LogP contribution is -2.49. The van der Waals surface area contributed by atoms with E-state index in [9.17, 15) is 4.79 Å². The van der Waals surface area contributed by atoms with Crippen molar-refractivity contribution in [2.75, 3.05) is 40.5 Å². The highest BCUT2D eigenvalue weighted by Crippen LogP contribution is 2.02. The molecule has 13 heavy (non-hydrogen) atoms. The van der Waals surface area contributed by atoms with Gasteiger partial charge in [-0.3, -0.25) is 4.90 Å². The molecular formula is C8H16N2O3. The summed E-state index contributed by atoms with van der Waals surface area (Å²) in [5.74, 6) is 0. The second kappa shape index (κ2) is 5.04. The minimum absolute atomic E-state index is 0.257. The van der Waals surface area contributed by atoms with E-state index >= 15 is 0 Å². The van der Waals surface area contributed by atoms with Gasteiger partial charge in [0.1, 0.15) is 0 Å². The molecule has 1 amide bonds. The summed E-state index contributed by atoms with van der Waals surface area (Å²) in [5.41, 5.74) is 0. The predicted molar refractivity (Wildman–Crippen MR) is 47.6 cm³/mol. The van der Waals surface area contributed by atoms with E-state index < -0.39 is 0 Å². The van der Waals surface area contributed by atoms with Crippen LogP contribution in [0.15, 0.2) is 0 Å². The first-order chi connectivity index (χ1) is 6.24. The molecule has 0 aliphatic carbocycles. The molecule has 1 rings (SSSR count). The average Bonchev–Trinajstić information content (AvgIpc) is 2.16. The van der Waals surface area contributed by atoms with Crippen molar-refractivity contribution in [3.8, 4) is 0 Å². The zero-order valence-electron chi connectivity index (χ0n) is 8.08. The van der Waals surface area contributed by atoms with Crippen molar-refractivity contribution >= 4 is 6.09 Å². The van der Waals surface area contributed by atoms with Crippen molar-refractivity contribution in [3.05, 3.63) is 0 Å². The fourth-order valence-electron chi connectivity index (χ4n) is 1.23. The minimum Gasteiger partial charge on any atom is -0.453 e. The van der Waals surface area contributed by atoms with E-state index in [1.807, 2.05) is 7.05 Å². The third kappa shape index (κ3) is 3.20. The van der Waals surface area contributed by atoms with E-state index in [1.165, 1.54) is 7.11 Å². The second-order valence-corrected chi connectivity index (χ2v) is 3.08. The van der Waals surface area contributed by atoms with E-state index in [2.05, 4.69) is 15.0 Å². The molecule has 1 saturated heterocycles. The van der Waals surface area contributed by atoms with Crippen LogP contribution in [0, 0.1) is 0 Å². The van der Waals surface area contributed by atoms with Crippen molar-refractivity contribution in [2.45, 2.75) is 6.04 Å². The molecule has 0 radical (unpaired) electrons. The van der Waals surface area contributed by atoms with Gasteiger partial charge in [-0.2, -0.15) is 0 Å². The molecule has 0 spiro atoms. The number of hydrogen-bond acceptors (Lipinski definition) is 4. The number of morpholine rings is 1. The smallest absolute Gasteiger partial charge is 0.406 e. The summed E-state index contributed by atoms with van der Waals surface area (Å²) >= 11 is 0. The maximum absolute atomic E-state index is 10.8. The molecule has 1 heterocycles. The van der Waals surface area contributed by atoms with Gasteiger partial charge in [0.15, 0.2) is 0 Å².